The number of anilines is 1. The summed E-state index contributed by atoms with van der Waals surface area (Å²) >= 11 is 0. The van der Waals surface area contributed by atoms with Crippen molar-refractivity contribution in [1.82, 2.24) is 0 Å². The number of hydrogen-bond acceptors (Lipinski definition) is 4. The minimum atomic E-state index is -0.575. The van der Waals surface area contributed by atoms with E-state index in [2.05, 4.69) is 0 Å². The number of carbonyl (C=O) groups excluding carboxylic acids is 1. The highest BCUT2D eigenvalue weighted by atomic mass is 19.1. The molecule has 0 aromatic heterocycles. The summed E-state index contributed by atoms with van der Waals surface area (Å²) in [7, 11) is 0. The summed E-state index contributed by atoms with van der Waals surface area (Å²) in [5, 5.41) is 0. The molecule has 2 aromatic rings. The standard InChI is InChI=1S/C14H12FNO3/c15-10-4-6-12(7-5-10)19-14(17)9-18-13-3-1-2-11(16)8-13/h1-8H,9,16H2. The minimum absolute atomic E-state index is 0.249. The molecule has 0 aliphatic heterocycles. The molecule has 2 aromatic carbocycles. The molecule has 0 saturated heterocycles. The van der Waals surface area contributed by atoms with E-state index in [-0.39, 0.29) is 12.4 Å². The lowest BCUT2D eigenvalue weighted by Gasteiger charge is -2.07. The zero-order valence-electron chi connectivity index (χ0n) is 10.0. The van der Waals surface area contributed by atoms with Gasteiger partial charge in [-0.2, -0.15) is 0 Å². The topological polar surface area (TPSA) is 61.5 Å². The predicted octanol–water partition coefficient (Wildman–Crippen LogP) is 2.39. The third-order valence-corrected chi connectivity index (χ3v) is 2.26. The summed E-state index contributed by atoms with van der Waals surface area (Å²) in [4.78, 5) is 11.5. The quantitative estimate of drug-likeness (QED) is 0.521. The van der Waals surface area contributed by atoms with Crippen LogP contribution in [0.25, 0.3) is 0 Å². The highest BCUT2D eigenvalue weighted by Crippen LogP contribution is 2.15. The molecule has 2 rings (SSSR count). The molecule has 0 radical (unpaired) electrons. The molecule has 0 amide bonds. The summed E-state index contributed by atoms with van der Waals surface area (Å²) in [6.07, 6.45) is 0. The summed E-state index contributed by atoms with van der Waals surface area (Å²) in [6.45, 7) is -0.249. The lowest BCUT2D eigenvalue weighted by molar-refractivity contribution is -0.136. The molecule has 0 saturated carbocycles. The molecule has 0 spiro atoms. The smallest absolute Gasteiger partial charge is 0.349 e. The van der Waals surface area contributed by atoms with E-state index < -0.39 is 11.8 Å². The number of rotatable bonds is 4. The number of benzene rings is 2. The second-order valence-corrected chi connectivity index (χ2v) is 3.79. The third-order valence-electron chi connectivity index (χ3n) is 2.26. The first-order valence-corrected chi connectivity index (χ1v) is 5.58. The fourth-order valence-electron chi connectivity index (χ4n) is 1.41. The second-order valence-electron chi connectivity index (χ2n) is 3.79. The molecule has 19 heavy (non-hydrogen) atoms. The van der Waals surface area contributed by atoms with Crippen LogP contribution in [-0.4, -0.2) is 12.6 Å². The predicted molar refractivity (Wildman–Crippen MR) is 68.4 cm³/mol. The molecule has 0 heterocycles. The van der Waals surface area contributed by atoms with Crippen LogP contribution in [-0.2, 0) is 4.79 Å². The van der Waals surface area contributed by atoms with Crippen molar-refractivity contribution in [3.63, 3.8) is 0 Å². The van der Waals surface area contributed by atoms with Crippen LogP contribution in [0.15, 0.2) is 48.5 Å². The number of esters is 1. The van der Waals surface area contributed by atoms with Crippen molar-refractivity contribution < 1.29 is 18.7 Å². The van der Waals surface area contributed by atoms with Crippen LogP contribution in [0, 0.1) is 5.82 Å². The number of halogens is 1. The Kier molecular flexibility index (Phi) is 3.97. The molecular formula is C14H12FNO3. The van der Waals surface area contributed by atoms with Gasteiger partial charge in [0, 0.05) is 11.8 Å². The van der Waals surface area contributed by atoms with Crippen LogP contribution in [0.5, 0.6) is 11.5 Å². The van der Waals surface area contributed by atoms with Crippen molar-refractivity contribution in [3.05, 3.63) is 54.3 Å². The maximum atomic E-state index is 12.7. The van der Waals surface area contributed by atoms with E-state index in [1.165, 1.54) is 24.3 Å². The third kappa shape index (κ3) is 3.99. The van der Waals surface area contributed by atoms with Gasteiger partial charge in [-0.15, -0.1) is 0 Å². The number of hydrogen-bond donors (Lipinski definition) is 1. The Labute approximate surface area is 109 Å². The fourth-order valence-corrected chi connectivity index (χ4v) is 1.41. The fraction of sp³-hybridized carbons (Fsp3) is 0.0714. The Morgan fingerprint density at radius 3 is 2.53 bits per heavy atom. The largest absolute Gasteiger partial charge is 0.482 e. The number of carbonyl (C=O) groups is 1. The van der Waals surface area contributed by atoms with Gasteiger partial charge in [0.2, 0.25) is 0 Å². The Bertz CT molecular complexity index is 569. The van der Waals surface area contributed by atoms with Gasteiger partial charge in [0.1, 0.15) is 17.3 Å². The van der Waals surface area contributed by atoms with Gasteiger partial charge in [0.15, 0.2) is 6.61 Å². The molecular weight excluding hydrogens is 249 g/mol. The Morgan fingerprint density at radius 1 is 1.11 bits per heavy atom. The molecule has 4 nitrogen and oxygen atoms in total. The normalized spacial score (nSPS) is 9.95. The molecule has 0 atom stereocenters. The van der Waals surface area contributed by atoms with Gasteiger partial charge < -0.3 is 15.2 Å². The Balaban J connectivity index is 1.86. The van der Waals surface area contributed by atoms with Crippen LogP contribution < -0.4 is 15.2 Å². The van der Waals surface area contributed by atoms with Gasteiger partial charge in [-0.1, -0.05) is 6.07 Å². The van der Waals surface area contributed by atoms with Crippen molar-refractivity contribution in [1.29, 1.82) is 0 Å². The molecule has 0 bridgehead atoms. The van der Waals surface area contributed by atoms with Crippen LogP contribution >= 0.6 is 0 Å². The molecule has 0 fully saturated rings. The van der Waals surface area contributed by atoms with Crippen LogP contribution in [0.3, 0.4) is 0 Å². The molecule has 98 valence electrons. The maximum absolute atomic E-state index is 12.7. The monoisotopic (exact) mass is 261 g/mol. The van der Waals surface area contributed by atoms with E-state index in [0.29, 0.717) is 11.4 Å². The summed E-state index contributed by atoms with van der Waals surface area (Å²) in [5.74, 6) is -0.219. The average molecular weight is 261 g/mol. The average Bonchev–Trinajstić information content (AvgIpc) is 2.39. The lowest BCUT2D eigenvalue weighted by atomic mass is 10.3. The minimum Gasteiger partial charge on any atom is -0.482 e. The number of nitrogen functional groups attached to an aromatic ring is 1. The van der Waals surface area contributed by atoms with E-state index in [1.807, 2.05) is 0 Å². The summed E-state index contributed by atoms with van der Waals surface area (Å²) in [5.41, 5.74) is 6.12. The van der Waals surface area contributed by atoms with E-state index in [9.17, 15) is 9.18 Å². The van der Waals surface area contributed by atoms with Gasteiger partial charge in [-0.3, -0.25) is 0 Å². The van der Waals surface area contributed by atoms with E-state index in [4.69, 9.17) is 15.2 Å². The first kappa shape index (κ1) is 12.9. The van der Waals surface area contributed by atoms with Crippen molar-refractivity contribution in [2.24, 2.45) is 0 Å². The Morgan fingerprint density at radius 2 is 1.84 bits per heavy atom. The molecule has 5 heteroatoms. The number of ether oxygens (including phenoxy) is 2. The van der Waals surface area contributed by atoms with Crippen molar-refractivity contribution in [3.8, 4) is 11.5 Å². The SMILES string of the molecule is Nc1cccc(OCC(=O)Oc2ccc(F)cc2)c1. The first-order chi connectivity index (χ1) is 9.13. The maximum Gasteiger partial charge on any atom is 0.349 e. The van der Waals surface area contributed by atoms with Gasteiger partial charge >= 0.3 is 5.97 Å². The van der Waals surface area contributed by atoms with Crippen molar-refractivity contribution >= 4 is 11.7 Å². The van der Waals surface area contributed by atoms with E-state index in [1.54, 1.807) is 24.3 Å². The first-order valence-electron chi connectivity index (χ1n) is 5.58. The van der Waals surface area contributed by atoms with Gasteiger partial charge in [-0.25, -0.2) is 9.18 Å². The highest BCUT2D eigenvalue weighted by molar-refractivity contribution is 5.74. The van der Waals surface area contributed by atoms with Gasteiger partial charge in [0.05, 0.1) is 0 Å². The highest BCUT2D eigenvalue weighted by Gasteiger charge is 2.06. The van der Waals surface area contributed by atoms with Gasteiger partial charge in [0.25, 0.3) is 0 Å². The molecule has 0 aliphatic rings. The molecule has 0 aliphatic carbocycles. The number of nitrogens with two attached hydrogens (primary N) is 1. The summed E-state index contributed by atoms with van der Waals surface area (Å²) in [6, 6.07) is 11.9. The van der Waals surface area contributed by atoms with Crippen LogP contribution in [0.4, 0.5) is 10.1 Å². The molecule has 2 N–H and O–H groups in total. The lowest BCUT2D eigenvalue weighted by Crippen LogP contribution is -2.17. The zero-order chi connectivity index (χ0) is 13.7. The van der Waals surface area contributed by atoms with E-state index >= 15 is 0 Å². The van der Waals surface area contributed by atoms with Gasteiger partial charge in [-0.05, 0) is 36.4 Å². The molecule has 0 unspecified atom stereocenters. The zero-order valence-corrected chi connectivity index (χ0v) is 10.0. The summed E-state index contributed by atoms with van der Waals surface area (Å²) < 4.78 is 22.8. The van der Waals surface area contributed by atoms with Crippen LogP contribution in [0.1, 0.15) is 0 Å². The van der Waals surface area contributed by atoms with Crippen LogP contribution in [0.2, 0.25) is 0 Å². The second kappa shape index (κ2) is 5.86. The Hall–Kier alpha value is -2.56. The van der Waals surface area contributed by atoms with Crippen molar-refractivity contribution in [2.45, 2.75) is 0 Å². The van der Waals surface area contributed by atoms with Crippen molar-refractivity contribution in [2.75, 3.05) is 12.3 Å². The van der Waals surface area contributed by atoms with E-state index in [0.717, 1.165) is 0 Å².